The summed E-state index contributed by atoms with van der Waals surface area (Å²) < 4.78 is 16.8. The standard InChI is InChI=1S/C24H26N2O3/c1-2-27-22-9-4-3-7-20(22)16-26(17-21-8-5-6-13-25-21)14-12-19-10-11-23-24(15-19)29-18-28-23/h3-11,13,15H,2,12,14,16-18H2,1H3/p+1. The largest absolute Gasteiger partial charge is 0.493 e. The zero-order chi connectivity index (χ0) is 19.9. The first-order valence-corrected chi connectivity index (χ1v) is 10.1. The fraction of sp³-hybridized carbons (Fsp3) is 0.292. The summed E-state index contributed by atoms with van der Waals surface area (Å²) in [6.45, 7) is 5.74. The van der Waals surface area contributed by atoms with Crippen molar-refractivity contribution in [3.63, 3.8) is 0 Å². The summed E-state index contributed by atoms with van der Waals surface area (Å²) in [6.07, 6.45) is 2.81. The van der Waals surface area contributed by atoms with Crippen molar-refractivity contribution >= 4 is 0 Å². The molecule has 5 nitrogen and oxygen atoms in total. The lowest BCUT2D eigenvalue weighted by Crippen LogP contribution is -3.09. The van der Waals surface area contributed by atoms with E-state index in [1.165, 1.54) is 16.0 Å². The second-order valence-electron chi connectivity index (χ2n) is 7.15. The molecule has 0 saturated heterocycles. The average Bonchev–Trinajstić information content (AvgIpc) is 3.22. The highest BCUT2D eigenvalue weighted by molar-refractivity contribution is 5.44. The molecule has 1 N–H and O–H groups in total. The van der Waals surface area contributed by atoms with E-state index in [4.69, 9.17) is 14.2 Å². The molecular weight excluding hydrogens is 364 g/mol. The third-order valence-electron chi connectivity index (χ3n) is 5.07. The minimum absolute atomic E-state index is 0.310. The first-order valence-electron chi connectivity index (χ1n) is 10.1. The van der Waals surface area contributed by atoms with Gasteiger partial charge in [0.25, 0.3) is 0 Å². The number of hydrogen-bond acceptors (Lipinski definition) is 4. The Morgan fingerprint density at radius 1 is 0.966 bits per heavy atom. The second kappa shape index (κ2) is 9.43. The van der Waals surface area contributed by atoms with E-state index in [1.54, 1.807) is 0 Å². The van der Waals surface area contributed by atoms with Crippen molar-refractivity contribution in [2.24, 2.45) is 0 Å². The van der Waals surface area contributed by atoms with Crippen LogP contribution in [0, 0.1) is 0 Å². The van der Waals surface area contributed by atoms with Crippen LogP contribution in [-0.4, -0.2) is 24.9 Å². The summed E-state index contributed by atoms with van der Waals surface area (Å²) in [5, 5.41) is 0. The van der Waals surface area contributed by atoms with Gasteiger partial charge in [0.2, 0.25) is 6.79 Å². The Kier molecular flexibility index (Phi) is 6.27. The highest BCUT2D eigenvalue weighted by atomic mass is 16.7. The third-order valence-corrected chi connectivity index (χ3v) is 5.07. The van der Waals surface area contributed by atoms with Gasteiger partial charge in [0, 0.05) is 18.2 Å². The van der Waals surface area contributed by atoms with E-state index in [1.807, 2.05) is 37.4 Å². The van der Waals surface area contributed by atoms with Crippen molar-refractivity contribution in [2.45, 2.75) is 26.4 Å². The van der Waals surface area contributed by atoms with Crippen molar-refractivity contribution in [1.82, 2.24) is 4.98 Å². The molecular formula is C24H27N2O3+. The Labute approximate surface area is 171 Å². The molecule has 5 heteroatoms. The number of rotatable bonds is 9. The maximum Gasteiger partial charge on any atom is 0.231 e. The molecule has 0 fully saturated rings. The predicted octanol–water partition coefficient (Wildman–Crippen LogP) is 3.04. The SMILES string of the molecule is CCOc1ccccc1C[NH+](CCc1ccc2c(c1)OCO2)Cc1ccccn1. The van der Waals surface area contributed by atoms with Gasteiger partial charge in [-0.3, -0.25) is 4.98 Å². The zero-order valence-corrected chi connectivity index (χ0v) is 16.8. The molecule has 0 aliphatic carbocycles. The van der Waals surface area contributed by atoms with Crippen LogP contribution in [0.3, 0.4) is 0 Å². The van der Waals surface area contributed by atoms with E-state index in [9.17, 15) is 0 Å². The minimum atomic E-state index is 0.310. The number of fused-ring (bicyclic) bond motifs is 1. The van der Waals surface area contributed by atoms with Crippen LogP contribution in [0.1, 0.15) is 23.7 Å². The van der Waals surface area contributed by atoms with Gasteiger partial charge in [-0.15, -0.1) is 0 Å². The topological polar surface area (TPSA) is 45.0 Å². The highest BCUT2D eigenvalue weighted by Gasteiger charge is 2.17. The number of aromatic nitrogens is 1. The van der Waals surface area contributed by atoms with Crippen LogP contribution in [0.4, 0.5) is 0 Å². The molecule has 29 heavy (non-hydrogen) atoms. The number of para-hydroxylation sites is 1. The summed E-state index contributed by atoms with van der Waals surface area (Å²) in [5.74, 6) is 2.64. The van der Waals surface area contributed by atoms with E-state index >= 15 is 0 Å². The average molecular weight is 391 g/mol. The van der Waals surface area contributed by atoms with Gasteiger partial charge in [-0.05, 0) is 48.9 Å². The maximum absolute atomic E-state index is 5.84. The van der Waals surface area contributed by atoms with E-state index < -0.39 is 0 Å². The quantitative estimate of drug-likeness (QED) is 0.609. The maximum atomic E-state index is 5.84. The van der Waals surface area contributed by atoms with E-state index in [-0.39, 0.29) is 0 Å². The number of ether oxygens (including phenoxy) is 3. The lowest BCUT2D eigenvalue weighted by molar-refractivity contribution is -0.927. The molecule has 4 rings (SSSR count). The normalized spacial score (nSPS) is 13.3. The number of nitrogens with one attached hydrogen (secondary N) is 1. The van der Waals surface area contributed by atoms with Crippen LogP contribution in [0.15, 0.2) is 66.9 Å². The Morgan fingerprint density at radius 3 is 2.69 bits per heavy atom. The van der Waals surface area contributed by atoms with Crippen LogP contribution in [0.25, 0.3) is 0 Å². The first kappa shape index (κ1) is 19.3. The lowest BCUT2D eigenvalue weighted by atomic mass is 10.1. The molecule has 3 aromatic rings. The predicted molar refractivity (Wildman–Crippen MR) is 111 cm³/mol. The van der Waals surface area contributed by atoms with E-state index in [0.717, 1.165) is 49.0 Å². The van der Waals surface area contributed by atoms with Gasteiger partial charge in [0.15, 0.2) is 11.5 Å². The summed E-state index contributed by atoms with van der Waals surface area (Å²) >= 11 is 0. The van der Waals surface area contributed by atoms with Gasteiger partial charge in [-0.1, -0.05) is 24.3 Å². The van der Waals surface area contributed by atoms with Crippen molar-refractivity contribution in [1.29, 1.82) is 0 Å². The molecule has 0 radical (unpaired) electrons. The van der Waals surface area contributed by atoms with Crippen molar-refractivity contribution in [3.8, 4) is 17.2 Å². The lowest BCUT2D eigenvalue weighted by Gasteiger charge is -2.21. The Morgan fingerprint density at radius 2 is 1.83 bits per heavy atom. The highest BCUT2D eigenvalue weighted by Crippen LogP contribution is 2.32. The van der Waals surface area contributed by atoms with Crippen LogP contribution in [0.5, 0.6) is 17.2 Å². The molecule has 1 aliphatic rings. The summed E-state index contributed by atoms with van der Waals surface area (Å²) in [7, 11) is 0. The van der Waals surface area contributed by atoms with E-state index in [2.05, 4.69) is 41.4 Å². The van der Waals surface area contributed by atoms with Crippen LogP contribution >= 0.6 is 0 Å². The van der Waals surface area contributed by atoms with Gasteiger partial charge in [0.1, 0.15) is 18.8 Å². The minimum Gasteiger partial charge on any atom is -0.493 e. The van der Waals surface area contributed by atoms with Gasteiger partial charge in [0.05, 0.1) is 18.8 Å². The molecule has 0 saturated carbocycles. The molecule has 1 unspecified atom stereocenters. The van der Waals surface area contributed by atoms with Gasteiger partial charge >= 0.3 is 0 Å². The Balaban J connectivity index is 1.49. The smallest absolute Gasteiger partial charge is 0.231 e. The summed E-state index contributed by atoms with van der Waals surface area (Å²) in [5.41, 5.74) is 3.58. The first-order chi connectivity index (χ1) is 14.3. The molecule has 0 spiro atoms. The van der Waals surface area contributed by atoms with Crippen LogP contribution in [-0.2, 0) is 19.5 Å². The van der Waals surface area contributed by atoms with E-state index in [0.29, 0.717) is 13.4 Å². The molecule has 0 bridgehead atoms. The molecule has 0 amide bonds. The van der Waals surface area contributed by atoms with Crippen molar-refractivity contribution < 1.29 is 19.1 Å². The molecule has 2 heterocycles. The number of pyridine rings is 1. The molecule has 1 atom stereocenters. The molecule has 1 aromatic heterocycles. The van der Waals surface area contributed by atoms with Crippen molar-refractivity contribution in [2.75, 3.05) is 19.9 Å². The molecule has 150 valence electrons. The Bertz CT molecular complexity index is 930. The van der Waals surface area contributed by atoms with Gasteiger partial charge in [-0.25, -0.2) is 0 Å². The van der Waals surface area contributed by atoms with Gasteiger partial charge < -0.3 is 19.1 Å². The van der Waals surface area contributed by atoms with Gasteiger partial charge in [-0.2, -0.15) is 0 Å². The zero-order valence-electron chi connectivity index (χ0n) is 16.8. The van der Waals surface area contributed by atoms with Crippen molar-refractivity contribution in [3.05, 3.63) is 83.7 Å². The van der Waals surface area contributed by atoms with Crippen LogP contribution < -0.4 is 19.1 Å². The molecule has 2 aromatic carbocycles. The summed E-state index contributed by atoms with van der Waals surface area (Å²) in [6, 6.07) is 20.6. The fourth-order valence-electron chi connectivity index (χ4n) is 3.63. The number of benzene rings is 2. The van der Waals surface area contributed by atoms with Crippen LogP contribution in [0.2, 0.25) is 0 Å². The third kappa shape index (κ3) is 5.06. The summed E-state index contributed by atoms with van der Waals surface area (Å²) in [4.78, 5) is 5.97. The Hall–Kier alpha value is -3.05. The fourth-order valence-corrected chi connectivity index (χ4v) is 3.63. The molecule has 1 aliphatic heterocycles. The number of nitrogens with zero attached hydrogens (tertiary/aromatic N) is 1. The monoisotopic (exact) mass is 391 g/mol. The number of hydrogen-bond donors (Lipinski definition) is 1. The number of quaternary nitrogens is 1. The second-order valence-corrected chi connectivity index (χ2v) is 7.15.